The predicted octanol–water partition coefficient (Wildman–Crippen LogP) is 2.55. The van der Waals surface area contributed by atoms with Crippen LogP contribution in [-0.4, -0.2) is 22.9 Å². The third kappa shape index (κ3) is 4.86. The van der Waals surface area contributed by atoms with Crippen molar-refractivity contribution in [3.8, 4) is 6.07 Å². The van der Waals surface area contributed by atoms with E-state index in [0.717, 1.165) is 12.1 Å². The molecule has 0 heterocycles. The minimum absolute atomic E-state index is 0.0627. The molecular formula is C14H20N4O2. The summed E-state index contributed by atoms with van der Waals surface area (Å²) in [6.07, 6.45) is 0.448. The van der Waals surface area contributed by atoms with E-state index in [9.17, 15) is 10.1 Å². The Labute approximate surface area is 118 Å². The lowest BCUT2D eigenvalue weighted by atomic mass is 10.1. The fraction of sp³-hybridized carbons (Fsp3) is 0.500. The molecule has 0 fully saturated rings. The molecule has 0 aliphatic carbocycles. The molecule has 6 nitrogen and oxygen atoms in total. The van der Waals surface area contributed by atoms with Crippen LogP contribution in [0.2, 0.25) is 0 Å². The number of nitro benzene ring substituents is 1. The molecule has 0 aliphatic heterocycles. The average Bonchev–Trinajstić information content (AvgIpc) is 2.37. The van der Waals surface area contributed by atoms with Crippen molar-refractivity contribution in [1.29, 1.82) is 5.26 Å². The fourth-order valence-electron chi connectivity index (χ4n) is 2.06. The van der Waals surface area contributed by atoms with Gasteiger partial charge in [-0.15, -0.1) is 0 Å². The number of nitrogen functional groups attached to an aromatic ring is 1. The standard InChI is InChI=1S/C14H20N4O2/c1-11(2)9-17(7-3-6-15)10-12-4-5-13(16)14(8-12)18(19)20/h4-5,8,11H,3,7,9-10,16H2,1-2H3. The van der Waals surface area contributed by atoms with Crippen molar-refractivity contribution in [2.75, 3.05) is 18.8 Å². The molecule has 2 N–H and O–H groups in total. The summed E-state index contributed by atoms with van der Waals surface area (Å²) in [6.45, 7) is 6.29. The zero-order valence-corrected chi connectivity index (χ0v) is 11.9. The van der Waals surface area contributed by atoms with Crippen LogP contribution in [0.3, 0.4) is 0 Å². The second-order valence-corrected chi connectivity index (χ2v) is 5.19. The number of hydrogen-bond acceptors (Lipinski definition) is 5. The fourth-order valence-corrected chi connectivity index (χ4v) is 2.06. The SMILES string of the molecule is CC(C)CN(CCC#N)Cc1ccc(N)c([N+](=O)[O-])c1. The van der Waals surface area contributed by atoms with Crippen LogP contribution in [0.15, 0.2) is 18.2 Å². The summed E-state index contributed by atoms with van der Waals surface area (Å²) in [7, 11) is 0. The molecule has 108 valence electrons. The number of nitrogens with two attached hydrogens (primary N) is 1. The van der Waals surface area contributed by atoms with E-state index in [1.807, 2.05) is 0 Å². The molecule has 0 saturated carbocycles. The topological polar surface area (TPSA) is 96.2 Å². The van der Waals surface area contributed by atoms with Crippen molar-refractivity contribution in [1.82, 2.24) is 4.90 Å². The maximum Gasteiger partial charge on any atom is 0.292 e. The predicted molar refractivity (Wildman–Crippen MR) is 77.9 cm³/mol. The zero-order valence-electron chi connectivity index (χ0n) is 11.9. The third-order valence-electron chi connectivity index (χ3n) is 2.86. The van der Waals surface area contributed by atoms with Crippen LogP contribution < -0.4 is 5.73 Å². The Balaban J connectivity index is 2.84. The van der Waals surface area contributed by atoms with Gasteiger partial charge in [-0.25, -0.2) is 0 Å². The van der Waals surface area contributed by atoms with E-state index in [2.05, 4.69) is 24.8 Å². The van der Waals surface area contributed by atoms with Gasteiger partial charge in [-0.2, -0.15) is 5.26 Å². The molecule has 1 rings (SSSR count). The first-order valence-corrected chi connectivity index (χ1v) is 6.56. The first-order valence-electron chi connectivity index (χ1n) is 6.56. The van der Waals surface area contributed by atoms with Crippen LogP contribution in [0.4, 0.5) is 11.4 Å². The van der Waals surface area contributed by atoms with Crippen molar-refractivity contribution < 1.29 is 4.92 Å². The van der Waals surface area contributed by atoms with Crippen molar-refractivity contribution >= 4 is 11.4 Å². The Morgan fingerprint density at radius 3 is 2.75 bits per heavy atom. The summed E-state index contributed by atoms with van der Waals surface area (Å²) in [5.41, 5.74) is 6.53. The summed E-state index contributed by atoms with van der Waals surface area (Å²) in [6, 6.07) is 6.99. The zero-order chi connectivity index (χ0) is 15.1. The molecular weight excluding hydrogens is 256 g/mol. The Morgan fingerprint density at radius 2 is 2.20 bits per heavy atom. The summed E-state index contributed by atoms with van der Waals surface area (Å²) < 4.78 is 0. The van der Waals surface area contributed by atoms with Crippen LogP contribution >= 0.6 is 0 Å². The van der Waals surface area contributed by atoms with E-state index in [1.165, 1.54) is 6.07 Å². The first-order chi connectivity index (χ1) is 9.43. The Bertz CT molecular complexity index is 508. The normalized spacial score (nSPS) is 10.8. The Hall–Kier alpha value is -2.13. The molecule has 0 aromatic heterocycles. The van der Waals surface area contributed by atoms with E-state index < -0.39 is 4.92 Å². The van der Waals surface area contributed by atoms with Gasteiger partial charge in [0.15, 0.2) is 0 Å². The highest BCUT2D eigenvalue weighted by Gasteiger charge is 2.14. The number of rotatable bonds is 7. The van der Waals surface area contributed by atoms with Gasteiger partial charge < -0.3 is 5.73 Å². The van der Waals surface area contributed by atoms with Crippen LogP contribution in [-0.2, 0) is 6.54 Å². The van der Waals surface area contributed by atoms with Gasteiger partial charge in [-0.3, -0.25) is 15.0 Å². The molecule has 0 bridgehead atoms. The average molecular weight is 276 g/mol. The van der Waals surface area contributed by atoms with Gasteiger partial charge in [0, 0.05) is 32.1 Å². The smallest absolute Gasteiger partial charge is 0.292 e. The molecule has 0 spiro atoms. The minimum atomic E-state index is -0.471. The summed E-state index contributed by atoms with van der Waals surface area (Å²) in [5, 5.41) is 19.6. The summed E-state index contributed by atoms with van der Waals surface area (Å²) >= 11 is 0. The molecule has 1 aromatic carbocycles. The van der Waals surface area contributed by atoms with Crippen molar-refractivity contribution in [2.24, 2.45) is 5.92 Å². The van der Waals surface area contributed by atoms with E-state index in [0.29, 0.717) is 25.4 Å². The highest BCUT2D eigenvalue weighted by molar-refractivity contribution is 5.59. The molecule has 0 amide bonds. The second kappa shape index (κ2) is 7.46. The van der Waals surface area contributed by atoms with Crippen LogP contribution in [0.5, 0.6) is 0 Å². The quantitative estimate of drug-likeness (QED) is 0.469. The van der Waals surface area contributed by atoms with Gasteiger partial charge in [-0.1, -0.05) is 19.9 Å². The maximum absolute atomic E-state index is 10.9. The highest BCUT2D eigenvalue weighted by atomic mass is 16.6. The molecule has 20 heavy (non-hydrogen) atoms. The second-order valence-electron chi connectivity index (χ2n) is 5.19. The number of nitriles is 1. The monoisotopic (exact) mass is 276 g/mol. The molecule has 0 unspecified atom stereocenters. The Morgan fingerprint density at radius 1 is 1.50 bits per heavy atom. The maximum atomic E-state index is 10.9. The molecule has 6 heteroatoms. The van der Waals surface area contributed by atoms with Gasteiger partial charge in [0.25, 0.3) is 5.69 Å². The van der Waals surface area contributed by atoms with Gasteiger partial charge in [0.2, 0.25) is 0 Å². The van der Waals surface area contributed by atoms with E-state index in [1.54, 1.807) is 12.1 Å². The number of hydrogen-bond donors (Lipinski definition) is 1. The molecule has 0 saturated heterocycles. The Kier molecular flexibility index (Phi) is 5.94. The van der Waals surface area contributed by atoms with Gasteiger partial charge in [0.1, 0.15) is 5.69 Å². The number of anilines is 1. The van der Waals surface area contributed by atoms with Crippen molar-refractivity contribution in [3.05, 3.63) is 33.9 Å². The molecule has 0 aliphatic rings. The van der Waals surface area contributed by atoms with E-state index in [-0.39, 0.29) is 11.4 Å². The van der Waals surface area contributed by atoms with Gasteiger partial charge in [0.05, 0.1) is 11.0 Å². The van der Waals surface area contributed by atoms with Crippen LogP contribution in [0.1, 0.15) is 25.8 Å². The van der Waals surface area contributed by atoms with Crippen LogP contribution in [0, 0.1) is 27.4 Å². The van der Waals surface area contributed by atoms with E-state index >= 15 is 0 Å². The summed E-state index contributed by atoms with van der Waals surface area (Å²) in [4.78, 5) is 12.5. The third-order valence-corrected chi connectivity index (χ3v) is 2.86. The van der Waals surface area contributed by atoms with Gasteiger partial charge in [-0.05, 0) is 17.5 Å². The summed E-state index contributed by atoms with van der Waals surface area (Å²) in [5.74, 6) is 0.470. The largest absolute Gasteiger partial charge is 0.393 e. The van der Waals surface area contributed by atoms with E-state index in [4.69, 9.17) is 11.0 Å². The lowest BCUT2D eigenvalue weighted by molar-refractivity contribution is -0.384. The number of nitrogens with zero attached hydrogens (tertiary/aromatic N) is 3. The lowest BCUT2D eigenvalue weighted by Gasteiger charge is -2.23. The highest BCUT2D eigenvalue weighted by Crippen LogP contribution is 2.23. The van der Waals surface area contributed by atoms with Crippen molar-refractivity contribution in [2.45, 2.75) is 26.8 Å². The molecule has 1 aromatic rings. The number of benzene rings is 1. The number of nitro groups is 1. The minimum Gasteiger partial charge on any atom is -0.393 e. The molecule has 0 atom stereocenters. The lowest BCUT2D eigenvalue weighted by Crippen LogP contribution is -2.28. The van der Waals surface area contributed by atoms with Gasteiger partial charge >= 0.3 is 0 Å². The van der Waals surface area contributed by atoms with Crippen molar-refractivity contribution in [3.63, 3.8) is 0 Å². The molecule has 0 radical (unpaired) electrons. The van der Waals surface area contributed by atoms with Crippen LogP contribution in [0.25, 0.3) is 0 Å². The first kappa shape index (κ1) is 15.9.